The van der Waals surface area contributed by atoms with E-state index < -0.39 is 0 Å². The predicted octanol–water partition coefficient (Wildman–Crippen LogP) is 1.23. The predicted molar refractivity (Wildman–Crippen MR) is 79.6 cm³/mol. The second kappa shape index (κ2) is 6.21. The lowest BCUT2D eigenvalue weighted by Gasteiger charge is -2.21. The molecule has 1 aliphatic rings. The van der Waals surface area contributed by atoms with Crippen molar-refractivity contribution >= 4 is 23.3 Å². The Balaban J connectivity index is 1.78. The molecule has 0 bridgehead atoms. The van der Waals surface area contributed by atoms with E-state index in [4.69, 9.17) is 4.74 Å². The maximum Gasteiger partial charge on any atom is 0.245 e. The number of carbonyl (C=O) groups excluding carboxylic acids is 2. The number of rotatable bonds is 3. The first-order valence-corrected chi connectivity index (χ1v) is 6.82. The van der Waals surface area contributed by atoms with E-state index in [1.807, 2.05) is 6.07 Å². The number of ether oxygens (including phenoxy) is 1. The van der Waals surface area contributed by atoms with Gasteiger partial charge < -0.3 is 10.1 Å². The lowest BCUT2D eigenvalue weighted by molar-refractivity contribution is -0.121. The molecule has 0 saturated heterocycles. The minimum atomic E-state index is -0.330. The smallest absolute Gasteiger partial charge is 0.245 e. The zero-order chi connectivity index (χ0) is 15.4. The Kier molecular flexibility index (Phi) is 3.95. The second-order valence-corrected chi connectivity index (χ2v) is 4.69. The van der Waals surface area contributed by atoms with Crippen molar-refractivity contribution in [3.05, 3.63) is 42.9 Å². The molecule has 1 N–H and O–H groups in total. The molecule has 2 aromatic rings. The molecule has 0 fully saturated rings. The number of fused-ring (bicyclic) bond motifs is 1. The van der Waals surface area contributed by atoms with Crippen molar-refractivity contribution < 1.29 is 14.3 Å². The van der Waals surface area contributed by atoms with Crippen LogP contribution in [-0.2, 0) is 9.59 Å². The molecular weight excluding hydrogens is 284 g/mol. The summed E-state index contributed by atoms with van der Waals surface area (Å²) in [5, 5.41) is 2.64. The van der Waals surface area contributed by atoms with Crippen LogP contribution in [0.25, 0.3) is 0 Å². The summed E-state index contributed by atoms with van der Waals surface area (Å²) in [4.78, 5) is 33.5. The van der Waals surface area contributed by atoms with Crippen LogP contribution in [0.15, 0.2) is 42.9 Å². The van der Waals surface area contributed by atoms with Crippen LogP contribution in [0.3, 0.4) is 0 Å². The largest absolute Gasteiger partial charge is 0.491 e. The van der Waals surface area contributed by atoms with E-state index in [2.05, 4.69) is 15.3 Å². The monoisotopic (exact) mass is 298 g/mol. The van der Waals surface area contributed by atoms with E-state index in [0.717, 1.165) is 0 Å². The fourth-order valence-corrected chi connectivity index (χ4v) is 2.18. The fourth-order valence-electron chi connectivity index (χ4n) is 2.18. The third-order valence-electron chi connectivity index (χ3n) is 3.18. The van der Waals surface area contributed by atoms with Gasteiger partial charge in [0.25, 0.3) is 0 Å². The Morgan fingerprint density at radius 2 is 2.18 bits per heavy atom. The first-order valence-electron chi connectivity index (χ1n) is 6.82. The van der Waals surface area contributed by atoms with E-state index >= 15 is 0 Å². The van der Waals surface area contributed by atoms with Crippen molar-refractivity contribution in [3.63, 3.8) is 0 Å². The maximum atomic E-state index is 12.2. The average molecular weight is 298 g/mol. The van der Waals surface area contributed by atoms with Crippen LogP contribution in [0.4, 0.5) is 11.5 Å². The summed E-state index contributed by atoms with van der Waals surface area (Å²) in [6.07, 6.45) is 3.11. The quantitative estimate of drug-likeness (QED) is 0.921. The summed E-state index contributed by atoms with van der Waals surface area (Å²) in [6, 6.07) is 8.75. The summed E-state index contributed by atoms with van der Waals surface area (Å²) in [6.45, 7) is 0.211. The summed E-state index contributed by atoms with van der Waals surface area (Å²) in [5.74, 6) is 0.515. The van der Waals surface area contributed by atoms with Crippen LogP contribution in [0, 0.1) is 0 Å². The van der Waals surface area contributed by atoms with Crippen LogP contribution in [0.2, 0.25) is 0 Å². The van der Waals surface area contributed by atoms with Crippen molar-refractivity contribution in [3.8, 4) is 5.75 Å². The highest BCUT2D eigenvalue weighted by Crippen LogP contribution is 2.30. The summed E-state index contributed by atoms with van der Waals surface area (Å²) >= 11 is 0. The zero-order valence-electron chi connectivity index (χ0n) is 11.7. The van der Waals surface area contributed by atoms with Gasteiger partial charge in [0, 0.05) is 6.20 Å². The van der Waals surface area contributed by atoms with Gasteiger partial charge in [-0.2, -0.15) is 0 Å². The molecule has 0 atom stereocenters. The number of hydrogen-bond acceptors (Lipinski definition) is 5. The molecule has 22 heavy (non-hydrogen) atoms. The van der Waals surface area contributed by atoms with Gasteiger partial charge in [-0.15, -0.1) is 0 Å². The van der Waals surface area contributed by atoms with Gasteiger partial charge in [-0.05, 0) is 18.2 Å². The molecule has 0 unspecified atom stereocenters. The van der Waals surface area contributed by atoms with Gasteiger partial charge in [-0.25, -0.2) is 9.97 Å². The number of amides is 2. The van der Waals surface area contributed by atoms with Crippen molar-refractivity contribution in [2.24, 2.45) is 0 Å². The van der Waals surface area contributed by atoms with Crippen LogP contribution in [-0.4, -0.2) is 34.9 Å². The van der Waals surface area contributed by atoms with Crippen molar-refractivity contribution in [2.45, 2.75) is 6.42 Å². The maximum absolute atomic E-state index is 12.2. The number of nitrogens with one attached hydrogen (secondary N) is 1. The van der Waals surface area contributed by atoms with Crippen molar-refractivity contribution in [2.75, 3.05) is 23.4 Å². The number of aromatic nitrogens is 2. The topological polar surface area (TPSA) is 84.4 Å². The van der Waals surface area contributed by atoms with Gasteiger partial charge in [0.1, 0.15) is 24.4 Å². The van der Waals surface area contributed by atoms with Gasteiger partial charge in [-0.1, -0.05) is 12.1 Å². The fraction of sp³-hybridized carbons (Fsp3) is 0.200. The molecule has 7 nitrogen and oxygen atoms in total. The third kappa shape index (κ3) is 3.03. The Morgan fingerprint density at radius 3 is 3.00 bits per heavy atom. The molecular formula is C15H14N4O3. The Labute approximate surface area is 126 Å². The van der Waals surface area contributed by atoms with E-state index in [9.17, 15) is 9.59 Å². The van der Waals surface area contributed by atoms with E-state index in [1.54, 1.807) is 24.3 Å². The molecule has 1 aromatic heterocycles. The molecule has 0 saturated carbocycles. The molecule has 0 aliphatic carbocycles. The molecule has 1 aliphatic heterocycles. The Bertz CT molecular complexity index is 690. The van der Waals surface area contributed by atoms with E-state index in [1.165, 1.54) is 17.4 Å². The van der Waals surface area contributed by atoms with Gasteiger partial charge in [0.15, 0.2) is 0 Å². The Hall–Kier alpha value is -2.96. The minimum Gasteiger partial charge on any atom is -0.491 e. The summed E-state index contributed by atoms with van der Waals surface area (Å²) < 4.78 is 5.53. The lowest BCUT2D eigenvalue weighted by Crippen LogP contribution is -2.37. The van der Waals surface area contributed by atoms with Crippen molar-refractivity contribution in [1.82, 2.24) is 9.97 Å². The highest BCUT2D eigenvalue weighted by atomic mass is 16.5. The molecule has 0 radical (unpaired) electrons. The zero-order valence-corrected chi connectivity index (χ0v) is 11.7. The third-order valence-corrected chi connectivity index (χ3v) is 3.18. The molecule has 7 heteroatoms. The van der Waals surface area contributed by atoms with E-state index in [-0.39, 0.29) is 24.8 Å². The van der Waals surface area contributed by atoms with Crippen molar-refractivity contribution in [1.29, 1.82) is 0 Å². The average Bonchev–Trinajstić information content (AvgIpc) is 2.68. The number of nitrogens with zero attached hydrogens (tertiary/aromatic N) is 3. The first kappa shape index (κ1) is 14.0. The number of carbonyl (C=O) groups is 2. The number of benzene rings is 1. The standard InChI is InChI=1S/C15H14N4O3/c20-14(18-13-5-7-16-10-17-13)9-19-11-3-1-2-4-12(11)22-8-6-15(19)21/h1-5,7,10H,6,8-9H2,(H,16,17,18,20). The van der Waals surface area contributed by atoms with Gasteiger partial charge >= 0.3 is 0 Å². The van der Waals surface area contributed by atoms with Crippen LogP contribution < -0.4 is 15.0 Å². The van der Waals surface area contributed by atoms with E-state index in [0.29, 0.717) is 23.9 Å². The van der Waals surface area contributed by atoms with Gasteiger partial charge in [0.05, 0.1) is 18.7 Å². The highest BCUT2D eigenvalue weighted by Gasteiger charge is 2.25. The normalized spacial score (nSPS) is 13.8. The number of anilines is 2. The summed E-state index contributed by atoms with van der Waals surface area (Å²) in [7, 11) is 0. The molecule has 3 rings (SSSR count). The van der Waals surface area contributed by atoms with Gasteiger partial charge in [-0.3, -0.25) is 14.5 Å². The lowest BCUT2D eigenvalue weighted by atomic mass is 10.2. The van der Waals surface area contributed by atoms with Crippen LogP contribution in [0.5, 0.6) is 5.75 Å². The van der Waals surface area contributed by atoms with Gasteiger partial charge in [0.2, 0.25) is 11.8 Å². The second-order valence-electron chi connectivity index (χ2n) is 4.69. The summed E-state index contributed by atoms with van der Waals surface area (Å²) in [5.41, 5.74) is 0.600. The molecule has 112 valence electrons. The first-order chi connectivity index (χ1) is 10.7. The highest BCUT2D eigenvalue weighted by molar-refractivity contribution is 6.03. The molecule has 2 amide bonds. The molecule has 2 heterocycles. The Morgan fingerprint density at radius 1 is 1.32 bits per heavy atom. The molecule has 1 aromatic carbocycles. The molecule has 0 spiro atoms. The van der Waals surface area contributed by atoms with Crippen LogP contribution in [0.1, 0.15) is 6.42 Å². The minimum absolute atomic E-state index is 0.0940. The SMILES string of the molecule is O=C(CN1C(=O)CCOc2ccccc21)Nc1ccncn1. The number of hydrogen-bond donors (Lipinski definition) is 1. The number of para-hydroxylation sites is 2. The van der Waals surface area contributed by atoms with Crippen LogP contribution >= 0.6 is 0 Å².